The zero-order valence-corrected chi connectivity index (χ0v) is 23.0. The van der Waals surface area contributed by atoms with E-state index in [1.165, 1.54) is 30.5 Å². The van der Waals surface area contributed by atoms with Crippen LogP contribution in [-0.4, -0.2) is 48.9 Å². The van der Waals surface area contributed by atoms with Crippen LogP contribution in [0.15, 0.2) is 75.7 Å². The number of allylic oxidation sites excluding steroid dienone is 1. The van der Waals surface area contributed by atoms with Crippen LogP contribution in [0.4, 0.5) is 24.5 Å². The van der Waals surface area contributed by atoms with Crippen molar-refractivity contribution in [2.24, 2.45) is 20.7 Å². The Bertz CT molecular complexity index is 1440. The van der Waals surface area contributed by atoms with Crippen molar-refractivity contribution >= 4 is 46.8 Å². The maximum Gasteiger partial charge on any atom is 0.420 e. The summed E-state index contributed by atoms with van der Waals surface area (Å²) in [5.41, 5.74) is 6.45. The first kappa shape index (κ1) is 29.7. The first-order valence-corrected chi connectivity index (χ1v) is 13.2. The van der Waals surface area contributed by atoms with Gasteiger partial charge in [-0.25, -0.2) is 9.98 Å². The van der Waals surface area contributed by atoms with Gasteiger partial charge in [-0.2, -0.15) is 13.2 Å². The average Bonchev–Trinajstić information content (AvgIpc) is 3.24. The minimum atomic E-state index is -4.67. The first-order valence-electron chi connectivity index (χ1n) is 12.8. The van der Waals surface area contributed by atoms with Gasteiger partial charge in [-0.05, 0) is 49.2 Å². The summed E-state index contributed by atoms with van der Waals surface area (Å²) in [4.78, 5) is 28.4. The molecule has 1 fully saturated rings. The van der Waals surface area contributed by atoms with Crippen molar-refractivity contribution in [3.8, 4) is 5.75 Å². The van der Waals surface area contributed by atoms with Crippen molar-refractivity contribution in [3.05, 3.63) is 76.8 Å². The molecule has 0 spiro atoms. The standard InChI is InChI=1S/C28H29ClF3N7O2/c1-3-34-22-16-35-27(39-12-6-4-5-7-13-39)38-24(22)25(33)37-21-14-17(8-10-20(21)29)26(40)36-18-9-11-23(41-2)19(15-18)28(30,31)32/h3,8-11,14-16,37H,1,4-7,12-13,33H2,2H3,(H,36,40)/b25-24-,34-22-. The number of nitrogens with zero attached hydrogens (tertiary/aromatic N) is 4. The lowest BCUT2D eigenvalue weighted by Crippen LogP contribution is -2.34. The highest BCUT2D eigenvalue weighted by atomic mass is 35.5. The molecule has 4 rings (SSSR count). The normalized spacial score (nSPS) is 17.9. The maximum atomic E-state index is 13.4. The molecule has 4 N–H and O–H groups in total. The van der Waals surface area contributed by atoms with Crippen LogP contribution in [0.1, 0.15) is 41.6 Å². The predicted octanol–water partition coefficient (Wildman–Crippen LogP) is 6.06. The molecule has 13 heteroatoms. The Morgan fingerprint density at radius 3 is 2.54 bits per heavy atom. The zero-order chi connectivity index (χ0) is 29.6. The van der Waals surface area contributed by atoms with Crippen LogP contribution < -0.4 is 21.1 Å². The molecule has 0 bridgehead atoms. The van der Waals surface area contributed by atoms with Crippen LogP contribution in [0.2, 0.25) is 5.02 Å². The second-order valence-corrected chi connectivity index (χ2v) is 9.62. The number of anilines is 2. The Balaban J connectivity index is 1.60. The van der Waals surface area contributed by atoms with Gasteiger partial charge in [0.25, 0.3) is 5.91 Å². The number of methoxy groups -OCH3 is 1. The maximum absolute atomic E-state index is 13.4. The molecule has 2 aromatic rings. The van der Waals surface area contributed by atoms with Gasteiger partial charge < -0.3 is 26.0 Å². The van der Waals surface area contributed by atoms with Gasteiger partial charge >= 0.3 is 6.18 Å². The summed E-state index contributed by atoms with van der Waals surface area (Å²) in [6, 6.07) is 7.59. The summed E-state index contributed by atoms with van der Waals surface area (Å²) >= 11 is 6.39. The van der Waals surface area contributed by atoms with Crippen LogP contribution in [-0.2, 0) is 6.18 Å². The number of benzene rings is 2. The molecule has 0 saturated carbocycles. The third kappa shape index (κ3) is 7.26. The molecular weight excluding hydrogens is 559 g/mol. The summed E-state index contributed by atoms with van der Waals surface area (Å²) < 4.78 is 45.0. The molecular formula is C28H29ClF3N7O2. The van der Waals surface area contributed by atoms with E-state index in [9.17, 15) is 18.0 Å². The number of nitrogens with one attached hydrogen (secondary N) is 2. The number of carbonyl (C=O) groups excluding carboxylic acids is 1. The smallest absolute Gasteiger partial charge is 0.420 e. The first-order chi connectivity index (χ1) is 19.6. The predicted molar refractivity (Wildman–Crippen MR) is 156 cm³/mol. The van der Waals surface area contributed by atoms with Gasteiger partial charge in [-0.1, -0.05) is 31.0 Å². The molecule has 2 aliphatic heterocycles. The van der Waals surface area contributed by atoms with Gasteiger partial charge in [0, 0.05) is 30.5 Å². The van der Waals surface area contributed by atoms with Crippen LogP contribution in [0, 0.1) is 0 Å². The monoisotopic (exact) mass is 587 g/mol. The lowest BCUT2D eigenvalue weighted by Gasteiger charge is -2.24. The number of rotatable bonds is 6. The SMILES string of the molecule is C=C/N=C1/C=NC(N2CCCCCC2)=N/C1=C(/N)Nc1cc(C(=O)Nc2ccc(OC)c(C(F)(F)F)c2)ccc1Cl. The molecule has 2 heterocycles. The number of ether oxygens (including phenoxy) is 1. The van der Waals surface area contributed by atoms with E-state index in [4.69, 9.17) is 22.1 Å². The van der Waals surface area contributed by atoms with E-state index >= 15 is 0 Å². The van der Waals surface area contributed by atoms with E-state index in [-0.39, 0.29) is 33.5 Å². The Hall–Kier alpha value is -4.32. The number of carbonyl (C=O) groups is 1. The molecule has 216 valence electrons. The minimum absolute atomic E-state index is 0.0589. The second kappa shape index (κ2) is 12.9. The molecule has 41 heavy (non-hydrogen) atoms. The van der Waals surface area contributed by atoms with Crippen LogP contribution in [0.3, 0.4) is 0 Å². The fourth-order valence-electron chi connectivity index (χ4n) is 4.36. The minimum Gasteiger partial charge on any atom is -0.496 e. The molecule has 0 aromatic heterocycles. The fraction of sp³-hybridized carbons (Fsp3) is 0.286. The molecule has 1 saturated heterocycles. The summed E-state index contributed by atoms with van der Waals surface area (Å²) in [6.07, 6.45) is 2.61. The lowest BCUT2D eigenvalue weighted by molar-refractivity contribution is -0.138. The summed E-state index contributed by atoms with van der Waals surface area (Å²) in [5.74, 6) is -0.389. The van der Waals surface area contributed by atoms with Crippen molar-refractivity contribution in [2.45, 2.75) is 31.9 Å². The molecule has 0 atom stereocenters. The van der Waals surface area contributed by atoms with Crippen LogP contribution in [0.25, 0.3) is 0 Å². The third-order valence-electron chi connectivity index (χ3n) is 6.39. The van der Waals surface area contributed by atoms with Gasteiger partial charge in [0.05, 0.1) is 29.6 Å². The summed E-state index contributed by atoms with van der Waals surface area (Å²) in [5, 5.41) is 5.71. The highest BCUT2D eigenvalue weighted by Crippen LogP contribution is 2.38. The highest BCUT2D eigenvalue weighted by Gasteiger charge is 2.34. The highest BCUT2D eigenvalue weighted by molar-refractivity contribution is 6.41. The van der Waals surface area contributed by atoms with Crippen LogP contribution >= 0.6 is 11.6 Å². The van der Waals surface area contributed by atoms with Crippen molar-refractivity contribution in [3.63, 3.8) is 0 Å². The zero-order valence-electron chi connectivity index (χ0n) is 22.3. The number of hydrogen-bond acceptors (Lipinski definition) is 8. The van der Waals surface area contributed by atoms with Gasteiger partial charge in [0.1, 0.15) is 23.0 Å². The second-order valence-electron chi connectivity index (χ2n) is 9.22. The van der Waals surface area contributed by atoms with Gasteiger partial charge in [0.15, 0.2) is 0 Å². The number of halogens is 4. The van der Waals surface area contributed by atoms with Gasteiger partial charge in [0.2, 0.25) is 5.96 Å². The number of amides is 1. The molecule has 2 aromatic carbocycles. The number of guanidine groups is 1. The number of nitrogens with two attached hydrogens (primary N) is 1. The largest absolute Gasteiger partial charge is 0.496 e. The Labute approximate surface area is 240 Å². The number of alkyl halides is 3. The van der Waals surface area contributed by atoms with Gasteiger partial charge in [-0.3, -0.25) is 9.79 Å². The number of hydrogen-bond donors (Lipinski definition) is 3. The van der Waals surface area contributed by atoms with E-state index < -0.39 is 17.6 Å². The van der Waals surface area contributed by atoms with Crippen molar-refractivity contribution in [2.75, 3.05) is 30.8 Å². The van der Waals surface area contributed by atoms with E-state index in [0.717, 1.165) is 58.0 Å². The van der Waals surface area contributed by atoms with E-state index in [2.05, 4.69) is 37.1 Å². The molecule has 0 unspecified atom stereocenters. The molecule has 1 amide bonds. The molecule has 0 aliphatic carbocycles. The molecule has 2 aliphatic rings. The number of aliphatic imine (C=N–C) groups is 3. The summed E-state index contributed by atoms with van der Waals surface area (Å²) in [7, 11) is 1.14. The fourth-order valence-corrected chi connectivity index (χ4v) is 4.52. The van der Waals surface area contributed by atoms with Gasteiger partial charge in [-0.15, -0.1) is 0 Å². The van der Waals surface area contributed by atoms with Crippen molar-refractivity contribution in [1.82, 2.24) is 4.90 Å². The number of likely N-dealkylation sites (tertiary alicyclic amines) is 1. The van der Waals surface area contributed by atoms with E-state index in [0.29, 0.717) is 17.4 Å². The van der Waals surface area contributed by atoms with Crippen molar-refractivity contribution < 1.29 is 22.7 Å². The lowest BCUT2D eigenvalue weighted by atomic mass is 10.1. The van der Waals surface area contributed by atoms with E-state index in [1.807, 2.05) is 0 Å². The summed E-state index contributed by atoms with van der Waals surface area (Å²) in [6.45, 7) is 5.29. The Kier molecular flexibility index (Phi) is 9.33. The van der Waals surface area contributed by atoms with Crippen molar-refractivity contribution in [1.29, 1.82) is 0 Å². The van der Waals surface area contributed by atoms with Crippen LogP contribution in [0.5, 0.6) is 5.75 Å². The molecule has 9 nitrogen and oxygen atoms in total. The third-order valence-corrected chi connectivity index (χ3v) is 6.72. The Morgan fingerprint density at radius 1 is 1.15 bits per heavy atom. The average molecular weight is 588 g/mol. The topological polar surface area (TPSA) is 117 Å². The molecule has 0 radical (unpaired) electrons. The Morgan fingerprint density at radius 2 is 1.88 bits per heavy atom. The quantitative estimate of drug-likeness (QED) is 0.380. The van der Waals surface area contributed by atoms with E-state index in [1.54, 1.807) is 6.21 Å².